The molecule has 0 aliphatic carbocycles. The molecular formula is C24H24N2O4. The Balaban J connectivity index is 1.62. The van der Waals surface area contributed by atoms with Gasteiger partial charge in [-0.05, 0) is 35.7 Å². The maximum absolute atomic E-state index is 12.9. The second kappa shape index (κ2) is 10.1. The molecule has 0 saturated heterocycles. The van der Waals surface area contributed by atoms with Crippen LogP contribution in [0.1, 0.15) is 22.6 Å². The van der Waals surface area contributed by atoms with Gasteiger partial charge in [0.15, 0.2) is 18.1 Å². The van der Waals surface area contributed by atoms with Gasteiger partial charge in [0.25, 0.3) is 5.91 Å². The summed E-state index contributed by atoms with van der Waals surface area (Å²) >= 11 is 0. The third kappa shape index (κ3) is 5.38. The van der Waals surface area contributed by atoms with Gasteiger partial charge in [0.2, 0.25) is 5.91 Å². The largest absolute Gasteiger partial charge is 0.493 e. The monoisotopic (exact) mass is 404 g/mol. The van der Waals surface area contributed by atoms with Crippen molar-refractivity contribution < 1.29 is 19.1 Å². The van der Waals surface area contributed by atoms with E-state index in [0.29, 0.717) is 11.5 Å². The SMILES string of the molecule is COc1cc(C)ccc1OCC(=O)NNC(=O)C(c1ccccc1)c1ccccc1. The summed E-state index contributed by atoms with van der Waals surface area (Å²) in [6.07, 6.45) is 0. The molecule has 3 aromatic rings. The van der Waals surface area contributed by atoms with Gasteiger partial charge in [-0.1, -0.05) is 66.7 Å². The number of ether oxygens (including phenoxy) is 2. The van der Waals surface area contributed by atoms with Gasteiger partial charge < -0.3 is 9.47 Å². The lowest BCUT2D eigenvalue weighted by Crippen LogP contribution is -2.46. The molecule has 154 valence electrons. The number of methoxy groups -OCH3 is 1. The molecule has 0 saturated carbocycles. The van der Waals surface area contributed by atoms with Crippen molar-refractivity contribution in [3.63, 3.8) is 0 Å². The van der Waals surface area contributed by atoms with Gasteiger partial charge in [-0.2, -0.15) is 0 Å². The van der Waals surface area contributed by atoms with Crippen molar-refractivity contribution in [2.24, 2.45) is 0 Å². The quantitative estimate of drug-likeness (QED) is 0.592. The zero-order chi connectivity index (χ0) is 21.3. The normalized spacial score (nSPS) is 10.4. The second-order valence-electron chi connectivity index (χ2n) is 6.73. The highest BCUT2D eigenvalue weighted by atomic mass is 16.5. The van der Waals surface area contributed by atoms with Crippen LogP contribution in [0.3, 0.4) is 0 Å². The van der Waals surface area contributed by atoms with Gasteiger partial charge in [0, 0.05) is 0 Å². The number of hydrogen-bond acceptors (Lipinski definition) is 4. The van der Waals surface area contributed by atoms with Crippen molar-refractivity contribution in [2.75, 3.05) is 13.7 Å². The molecule has 0 atom stereocenters. The molecule has 0 spiro atoms. The van der Waals surface area contributed by atoms with E-state index in [1.165, 1.54) is 7.11 Å². The fourth-order valence-electron chi connectivity index (χ4n) is 3.06. The zero-order valence-corrected chi connectivity index (χ0v) is 16.9. The van der Waals surface area contributed by atoms with Crippen LogP contribution in [0.4, 0.5) is 0 Å². The number of carbonyl (C=O) groups excluding carboxylic acids is 2. The first kappa shape index (κ1) is 20.9. The number of carbonyl (C=O) groups is 2. The van der Waals surface area contributed by atoms with Crippen LogP contribution < -0.4 is 20.3 Å². The lowest BCUT2D eigenvalue weighted by molar-refractivity contribution is -0.130. The number of amides is 2. The molecule has 0 fully saturated rings. The molecule has 6 heteroatoms. The number of benzene rings is 3. The Hall–Kier alpha value is -3.80. The Morgan fingerprint density at radius 3 is 2.00 bits per heavy atom. The first-order valence-electron chi connectivity index (χ1n) is 9.54. The molecule has 2 amide bonds. The summed E-state index contributed by atoms with van der Waals surface area (Å²) < 4.78 is 10.8. The van der Waals surface area contributed by atoms with Crippen LogP contribution in [0.25, 0.3) is 0 Å². The first-order valence-corrected chi connectivity index (χ1v) is 9.54. The van der Waals surface area contributed by atoms with Crippen LogP contribution in [0.15, 0.2) is 78.9 Å². The van der Waals surface area contributed by atoms with E-state index in [2.05, 4.69) is 10.9 Å². The minimum Gasteiger partial charge on any atom is -0.493 e. The Morgan fingerprint density at radius 2 is 1.43 bits per heavy atom. The van der Waals surface area contributed by atoms with Crippen LogP contribution >= 0.6 is 0 Å². The molecule has 6 nitrogen and oxygen atoms in total. The van der Waals surface area contributed by atoms with E-state index < -0.39 is 11.8 Å². The molecule has 0 radical (unpaired) electrons. The highest BCUT2D eigenvalue weighted by Gasteiger charge is 2.23. The van der Waals surface area contributed by atoms with E-state index in [1.54, 1.807) is 6.07 Å². The predicted molar refractivity (Wildman–Crippen MR) is 114 cm³/mol. The van der Waals surface area contributed by atoms with Gasteiger partial charge in [-0.3, -0.25) is 20.4 Å². The average molecular weight is 404 g/mol. The topological polar surface area (TPSA) is 76.7 Å². The van der Waals surface area contributed by atoms with Crippen molar-refractivity contribution in [3.8, 4) is 11.5 Å². The Labute approximate surface area is 175 Å². The van der Waals surface area contributed by atoms with E-state index in [0.717, 1.165) is 16.7 Å². The third-order valence-electron chi connectivity index (χ3n) is 4.53. The van der Waals surface area contributed by atoms with Gasteiger partial charge in [0.05, 0.1) is 13.0 Å². The molecule has 3 rings (SSSR count). The van der Waals surface area contributed by atoms with Crippen LogP contribution in [0.2, 0.25) is 0 Å². The van der Waals surface area contributed by atoms with Gasteiger partial charge >= 0.3 is 0 Å². The lowest BCUT2D eigenvalue weighted by atomic mass is 9.91. The molecule has 0 aromatic heterocycles. The molecule has 0 bridgehead atoms. The Morgan fingerprint density at radius 1 is 0.833 bits per heavy atom. The minimum absolute atomic E-state index is 0.263. The number of nitrogens with one attached hydrogen (secondary N) is 2. The first-order chi connectivity index (χ1) is 14.6. The van der Waals surface area contributed by atoms with E-state index >= 15 is 0 Å². The fraction of sp³-hybridized carbons (Fsp3) is 0.167. The maximum Gasteiger partial charge on any atom is 0.276 e. The van der Waals surface area contributed by atoms with Crippen molar-refractivity contribution in [1.82, 2.24) is 10.9 Å². The summed E-state index contributed by atoms with van der Waals surface area (Å²) in [7, 11) is 1.54. The fourth-order valence-corrected chi connectivity index (χ4v) is 3.06. The van der Waals surface area contributed by atoms with Crippen molar-refractivity contribution >= 4 is 11.8 Å². The molecule has 0 aliphatic heterocycles. The van der Waals surface area contributed by atoms with E-state index in [9.17, 15) is 9.59 Å². The lowest BCUT2D eigenvalue weighted by Gasteiger charge is -2.18. The van der Waals surface area contributed by atoms with Gasteiger partial charge in [-0.15, -0.1) is 0 Å². The van der Waals surface area contributed by atoms with Crippen LogP contribution in [0, 0.1) is 6.92 Å². The maximum atomic E-state index is 12.9. The molecule has 0 aliphatic rings. The zero-order valence-electron chi connectivity index (χ0n) is 16.9. The summed E-state index contributed by atoms with van der Waals surface area (Å²) in [5.41, 5.74) is 7.60. The van der Waals surface area contributed by atoms with Crippen LogP contribution in [0.5, 0.6) is 11.5 Å². The second-order valence-corrected chi connectivity index (χ2v) is 6.73. The number of hydrogen-bond donors (Lipinski definition) is 2. The summed E-state index contributed by atoms with van der Waals surface area (Å²) in [6, 6.07) is 24.2. The summed E-state index contributed by atoms with van der Waals surface area (Å²) in [4.78, 5) is 25.1. The van der Waals surface area contributed by atoms with E-state index in [4.69, 9.17) is 9.47 Å². The highest BCUT2D eigenvalue weighted by molar-refractivity contribution is 5.89. The number of aryl methyl sites for hydroxylation is 1. The smallest absolute Gasteiger partial charge is 0.276 e. The standard InChI is InChI=1S/C24H24N2O4/c1-17-13-14-20(21(15-17)29-2)30-16-22(27)25-26-24(28)23(18-9-5-3-6-10-18)19-11-7-4-8-12-19/h3-15,23H,16H2,1-2H3,(H,25,27)(H,26,28). The molecule has 2 N–H and O–H groups in total. The molecule has 0 heterocycles. The predicted octanol–water partition coefficient (Wildman–Crippen LogP) is 3.36. The van der Waals surface area contributed by atoms with Crippen molar-refractivity contribution in [3.05, 3.63) is 95.6 Å². The van der Waals surface area contributed by atoms with E-state index in [1.807, 2.05) is 79.7 Å². The molecular weight excluding hydrogens is 380 g/mol. The number of rotatable bonds is 7. The van der Waals surface area contributed by atoms with Crippen molar-refractivity contribution in [1.29, 1.82) is 0 Å². The molecule has 3 aromatic carbocycles. The summed E-state index contributed by atoms with van der Waals surface area (Å²) in [5.74, 6) is -0.374. The Kier molecular flexibility index (Phi) is 7.05. The summed E-state index contributed by atoms with van der Waals surface area (Å²) in [5, 5.41) is 0. The summed E-state index contributed by atoms with van der Waals surface area (Å²) in [6.45, 7) is 1.67. The van der Waals surface area contributed by atoms with Crippen LogP contribution in [-0.2, 0) is 9.59 Å². The molecule has 30 heavy (non-hydrogen) atoms. The molecule has 0 unspecified atom stereocenters. The highest BCUT2D eigenvalue weighted by Crippen LogP contribution is 2.27. The Bertz CT molecular complexity index is 951. The van der Waals surface area contributed by atoms with Crippen molar-refractivity contribution in [2.45, 2.75) is 12.8 Å². The minimum atomic E-state index is -0.550. The number of hydrazine groups is 1. The van der Waals surface area contributed by atoms with Crippen LogP contribution in [-0.4, -0.2) is 25.5 Å². The van der Waals surface area contributed by atoms with Gasteiger partial charge in [0.1, 0.15) is 0 Å². The third-order valence-corrected chi connectivity index (χ3v) is 4.53. The van der Waals surface area contributed by atoms with Gasteiger partial charge in [-0.25, -0.2) is 0 Å². The van der Waals surface area contributed by atoms with E-state index in [-0.39, 0.29) is 12.5 Å². The average Bonchev–Trinajstić information content (AvgIpc) is 2.78.